The van der Waals surface area contributed by atoms with E-state index in [9.17, 15) is 5.11 Å². The highest BCUT2D eigenvalue weighted by molar-refractivity contribution is 6.74. The number of rotatable bonds is 12. The van der Waals surface area contributed by atoms with Crippen LogP contribution in [0.15, 0.2) is 30.3 Å². The third-order valence-corrected chi connectivity index (χ3v) is 18.4. The Morgan fingerprint density at radius 2 is 1.45 bits per heavy atom. The Balaban J connectivity index is 1.93. The van der Waals surface area contributed by atoms with E-state index in [1.54, 1.807) is 0 Å². The van der Waals surface area contributed by atoms with Crippen molar-refractivity contribution in [3.05, 3.63) is 35.9 Å². The summed E-state index contributed by atoms with van der Waals surface area (Å²) < 4.78 is 25.7. The predicted octanol–water partition coefficient (Wildman–Crippen LogP) is 6.73. The minimum atomic E-state index is -2.21. The molecule has 38 heavy (non-hydrogen) atoms. The van der Waals surface area contributed by atoms with Crippen molar-refractivity contribution in [2.75, 3.05) is 19.8 Å². The van der Waals surface area contributed by atoms with E-state index in [0.717, 1.165) is 6.54 Å². The second-order valence-electron chi connectivity index (χ2n) is 14.4. The second kappa shape index (κ2) is 12.1. The van der Waals surface area contributed by atoms with Crippen molar-refractivity contribution in [1.82, 2.24) is 4.90 Å². The van der Waals surface area contributed by atoms with E-state index in [4.69, 9.17) is 18.3 Å². The maximum Gasteiger partial charge on any atom is 0.192 e. The van der Waals surface area contributed by atoms with Gasteiger partial charge in [0, 0.05) is 19.0 Å². The van der Waals surface area contributed by atoms with Gasteiger partial charge in [-0.25, -0.2) is 0 Å². The van der Waals surface area contributed by atoms with E-state index in [1.807, 2.05) is 0 Å². The van der Waals surface area contributed by atoms with Crippen LogP contribution in [0.3, 0.4) is 0 Å². The van der Waals surface area contributed by atoms with Crippen LogP contribution in [-0.4, -0.2) is 77.0 Å². The molecule has 0 aromatic heterocycles. The summed E-state index contributed by atoms with van der Waals surface area (Å²) in [5.41, 5.74) is 1.30. The minimum absolute atomic E-state index is 0.0186. The zero-order chi connectivity index (χ0) is 28.5. The Hall–Kier alpha value is -0.586. The summed E-state index contributed by atoms with van der Waals surface area (Å²) in [6.45, 7) is 27.2. The number of hydrogen-bond donors (Lipinski definition) is 1. The van der Waals surface area contributed by atoms with Crippen molar-refractivity contribution in [3.8, 4) is 0 Å². The van der Waals surface area contributed by atoms with Gasteiger partial charge in [-0.2, -0.15) is 0 Å². The lowest BCUT2D eigenvalue weighted by Crippen LogP contribution is -2.57. The largest absolute Gasteiger partial charge is 0.410 e. The lowest BCUT2D eigenvalue weighted by atomic mass is 10.0. The molecule has 2 aliphatic rings. The van der Waals surface area contributed by atoms with Gasteiger partial charge < -0.3 is 23.4 Å². The normalized spacial score (nSPS) is 24.7. The highest BCUT2D eigenvalue weighted by Gasteiger charge is 2.54. The number of hydrogen-bond acceptors (Lipinski definition) is 6. The highest BCUT2D eigenvalue weighted by atomic mass is 28.4. The fourth-order valence-corrected chi connectivity index (χ4v) is 7.29. The van der Waals surface area contributed by atoms with E-state index >= 15 is 0 Å². The van der Waals surface area contributed by atoms with Gasteiger partial charge in [0.2, 0.25) is 0 Å². The number of nitrogens with zero attached hydrogens (tertiary/aromatic N) is 1. The Morgan fingerprint density at radius 3 is 1.97 bits per heavy atom. The van der Waals surface area contributed by atoms with Crippen LogP contribution in [0.4, 0.5) is 0 Å². The lowest BCUT2D eigenvalue weighted by Gasteiger charge is -2.46. The molecule has 8 heteroatoms. The molecule has 2 heterocycles. The van der Waals surface area contributed by atoms with Crippen molar-refractivity contribution in [2.24, 2.45) is 0 Å². The molecule has 1 aromatic carbocycles. The van der Waals surface area contributed by atoms with E-state index < -0.39 is 28.8 Å². The van der Waals surface area contributed by atoms with Gasteiger partial charge in [-0.3, -0.25) is 4.90 Å². The van der Waals surface area contributed by atoms with Crippen LogP contribution in [0.5, 0.6) is 0 Å². The quantitative estimate of drug-likeness (QED) is 0.224. The van der Waals surface area contributed by atoms with E-state index in [0.29, 0.717) is 26.1 Å². The molecule has 1 N–H and O–H groups in total. The van der Waals surface area contributed by atoms with Gasteiger partial charge in [-0.05, 0) is 55.2 Å². The average Bonchev–Trinajstić information content (AvgIpc) is 3.43. The average molecular weight is 566 g/mol. The number of aliphatic hydroxyl groups is 1. The molecule has 0 amide bonds. The summed E-state index contributed by atoms with van der Waals surface area (Å²) in [6.07, 6.45) is -0.321. The molecule has 6 atom stereocenters. The second-order valence-corrected chi connectivity index (χ2v) is 23.9. The Bertz CT molecular complexity index is 877. The van der Waals surface area contributed by atoms with E-state index in [2.05, 4.69) is 110 Å². The van der Waals surface area contributed by atoms with Crippen LogP contribution < -0.4 is 0 Å². The number of aliphatic hydroxyl groups excluding tert-OH is 1. The summed E-state index contributed by atoms with van der Waals surface area (Å²) in [4.78, 5) is 2.51. The maximum absolute atomic E-state index is 11.8. The first-order valence-corrected chi connectivity index (χ1v) is 20.3. The van der Waals surface area contributed by atoms with Gasteiger partial charge in [-0.15, -0.1) is 0 Å². The fourth-order valence-electron chi connectivity index (χ4n) is 4.64. The molecule has 2 fully saturated rings. The molecule has 218 valence electrons. The molecule has 6 nitrogen and oxygen atoms in total. The molecule has 0 radical (unpaired) electrons. The van der Waals surface area contributed by atoms with Crippen LogP contribution >= 0.6 is 0 Å². The first kappa shape index (κ1) is 31.9. The summed E-state index contributed by atoms with van der Waals surface area (Å²) in [5.74, 6) is 0. The van der Waals surface area contributed by atoms with Crippen molar-refractivity contribution in [2.45, 2.75) is 134 Å². The standard InChI is InChI=1S/C30H55NO5Si2/c1-22(23-15-13-12-14-16-23)31-21-24(31)27(35-37(8,9)29(2,3)4)28(36-38(10,11)30(5,6)7)25(32)17-18-26-33-19-20-34-26/h12-16,22,24-28,32H,17-21H2,1-11H3/t22-,24+,25+,27-,28+,31?/m1/s1. The molecule has 1 aromatic rings. The van der Waals surface area contributed by atoms with Crippen LogP contribution in [-0.2, 0) is 18.3 Å². The van der Waals surface area contributed by atoms with Gasteiger partial charge in [0.1, 0.15) is 0 Å². The van der Waals surface area contributed by atoms with Gasteiger partial charge in [0.15, 0.2) is 22.9 Å². The molecule has 3 rings (SSSR count). The monoisotopic (exact) mass is 565 g/mol. The first-order valence-electron chi connectivity index (χ1n) is 14.5. The van der Waals surface area contributed by atoms with E-state index in [-0.39, 0.29) is 34.6 Å². The molecule has 2 saturated heterocycles. The Labute approximate surface area is 234 Å². The van der Waals surface area contributed by atoms with Crippen molar-refractivity contribution in [1.29, 1.82) is 0 Å². The topological polar surface area (TPSA) is 60.2 Å². The third-order valence-electron chi connectivity index (χ3n) is 9.41. The molecular weight excluding hydrogens is 511 g/mol. The molecule has 0 saturated carbocycles. The third kappa shape index (κ3) is 7.78. The van der Waals surface area contributed by atoms with Gasteiger partial charge >= 0.3 is 0 Å². The molecular formula is C30H55NO5Si2. The van der Waals surface area contributed by atoms with Crippen molar-refractivity contribution < 1.29 is 23.4 Å². The molecule has 0 spiro atoms. The molecule has 0 aliphatic carbocycles. The minimum Gasteiger partial charge on any atom is -0.410 e. The van der Waals surface area contributed by atoms with Gasteiger partial charge in [0.05, 0.1) is 37.6 Å². The lowest BCUT2D eigenvalue weighted by molar-refractivity contribution is -0.0799. The van der Waals surface area contributed by atoms with Gasteiger partial charge in [0.25, 0.3) is 0 Å². The zero-order valence-corrected chi connectivity index (χ0v) is 27.9. The van der Waals surface area contributed by atoms with Crippen molar-refractivity contribution >= 4 is 16.6 Å². The fraction of sp³-hybridized carbons (Fsp3) is 0.800. The van der Waals surface area contributed by atoms with Crippen LogP contribution in [0.1, 0.15) is 72.9 Å². The Morgan fingerprint density at radius 1 is 0.921 bits per heavy atom. The number of benzene rings is 1. The summed E-state index contributed by atoms with van der Waals surface area (Å²) in [7, 11) is -4.38. The molecule has 1 unspecified atom stereocenters. The molecule has 0 bridgehead atoms. The molecule has 2 aliphatic heterocycles. The SMILES string of the molecule is C[C@H](c1ccccc1)N1C[C@H]1[C@@H](O[Si](C)(C)C(C)(C)C)[C@@H](O[Si](C)(C)C(C)(C)C)[C@@H](O)CCC1OCCO1. The summed E-state index contributed by atoms with van der Waals surface area (Å²) in [5, 5.41) is 11.9. The summed E-state index contributed by atoms with van der Waals surface area (Å²) >= 11 is 0. The first-order chi connectivity index (χ1) is 17.4. The van der Waals surface area contributed by atoms with Gasteiger partial charge in [-0.1, -0.05) is 71.9 Å². The smallest absolute Gasteiger partial charge is 0.192 e. The van der Waals surface area contributed by atoms with Crippen LogP contribution in [0.2, 0.25) is 36.3 Å². The summed E-state index contributed by atoms with van der Waals surface area (Å²) in [6, 6.07) is 11.1. The maximum atomic E-state index is 11.8. The predicted molar refractivity (Wildman–Crippen MR) is 160 cm³/mol. The Kier molecular flexibility index (Phi) is 10.2. The van der Waals surface area contributed by atoms with Crippen LogP contribution in [0.25, 0.3) is 0 Å². The zero-order valence-electron chi connectivity index (χ0n) is 25.9. The van der Waals surface area contributed by atoms with Crippen molar-refractivity contribution in [3.63, 3.8) is 0 Å². The number of ether oxygens (including phenoxy) is 2. The van der Waals surface area contributed by atoms with E-state index in [1.165, 1.54) is 5.56 Å². The van der Waals surface area contributed by atoms with Crippen LogP contribution in [0, 0.1) is 0 Å². The highest BCUT2D eigenvalue weighted by Crippen LogP contribution is 2.45.